The molecular weight excluding hydrogens is 311 g/mol. The monoisotopic (exact) mass is 326 g/mol. The average molecular weight is 327 g/mol. The minimum absolute atomic E-state index is 0.163. The summed E-state index contributed by atoms with van der Waals surface area (Å²) < 4.78 is 1.79. The molecule has 0 spiro atoms. The predicted octanol–water partition coefficient (Wildman–Crippen LogP) is 2.76. The Bertz CT molecular complexity index is 634. The number of halogens is 2. The second-order valence-corrected chi connectivity index (χ2v) is 5.44. The molecule has 0 aliphatic heterocycles. The number of para-hydroxylation sites is 1. The molecule has 0 atom stereocenters. The fraction of sp³-hybridized carbons (Fsp3) is 0.286. The molecule has 0 fully saturated rings. The number of aryl methyl sites for hydroxylation is 1. The molecule has 2 aromatic rings. The van der Waals surface area contributed by atoms with Crippen LogP contribution >= 0.6 is 23.2 Å². The highest BCUT2D eigenvalue weighted by Gasteiger charge is 2.10. The van der Waals surface area contributed by atoms with E-state index in [1.165, 1.54) is 0 Å². The number of carbonyl (C=O) groups is 1. The van der Waals surface area contributed by atoms with E-state index in [4.69, 9.17) is 23.2 Å². The number of nitrogens with one attached hydrogen (secondary N) is 2. The van der Waals surface area contributed by atoms with Crippen LogP contribution in [0.3, 0.4) is 0 Å². The van der Waals surface area contributed by atoms with E-state index in [-0.39, 0.29) is 12.5 Å². The lowest BCUT2D eigenvalue weighted by molar-refractivity contribution is -0.115. The number of benzene rings is 1. The Hall–Kier alpha value is -1.56. The normalized spacial score (nSPS) is 10.7. The van der Waals surface area contributed by atoms with Crippen LogP contribution in [0.4, 0.5) is 5.69 Å². The van der Waals surface area contributed by atoms with Crippen LogP contribution < -0.4 is 10.6 Å². The third-order valence-electron chi connectivity index (χ3n) is 3.17. The Labute approximate surface area is 133 Å². The maximum absolute atomic E-state index is 11.9. The van der Waals surface area contributed by atoms with Crippen LogP contribution in [-0.2, 0) is 18.4 Å². The molecule has 1 aromatic carbocycles. The molecule has 0 radical (unpaired) electrons. The Balaban J connectivity index is 1.87. The summed E-state index contributed by atoms with van der Waals surface area (Å²) in [5, 5.41) is 10.7. The first-order valence-corrected chi connectivity index (χ1v) is 7.16. The zero-order chi connectivity index (χ0) is 15.4. The molecular formula is C14H16Cl2N4O. The van der Waals surface area contributed by atoms with Gasteiger partial charge in [-0.1, -0.05) is 29.3 Å². The lowest BCUT2D eigenvalue weighted by atomic mass is 10.2. The van der Waals surface area contributed by atoms with Gasteiger partial charge in [0.05, 0.1) is 28.5 Å². The van der Waals surface area contributed by atoms with Gasteiger partial charge in [-0.05, 0) is 19.1 Å². The summed E-state index contributed by atoms with van der Waals surface area (Å²) in [7, 11) is 1.88. The standard InChI is InChI=1S/C14H16Cl2N4O/c1-9-10(7-18-20(9)2)6-17-8-13(21)19-14-11(15)4-3-5-12(14)16/h3-5,7,17H,6,8H2,1-2H3,(H,19,21). The summed E-state index contributed by atoms with van der Waals surface area (Å²) in [6.07, 6.45) is 1.78. The van der Waals surface area contributed by atoms with Crippen LogP contribution in [0.15, 0.2) is 24.4 Å². The van der Waals surface area contributed by atoms with Crippen LogP contribution in [0.25, 0.3) is 0 Å². The van der Waals surface area contributed by atoms with Crippen molar-refractivity contribution in [1.29, 1.82) is 0 Å². The third kappa shape index (κ3) is 3.97. The molecule has 7 heteroatoms. The van der Waals surface area contributed by atoms with Crippen molar-refractivity contribution >= 4 is 34.8 Å². The molecule has 2 N–H and O–H groups in total. The smallest absolute Gasteiger partial charge is 0.238 e. The summed E-state index contributed by atoms with van der Waals surface area (Å²) in [4.78, 5) is 11.9. The first kappa shape index (κ1) is 15.8. The van der Waals surface area contributed by atoms with Gasteiger partial charge in [0.25, 0.3) is 0 Å². The van der Waals surface area contributed by atoms with Gasteiger partial charge in [-0.3, -0.25) is 9.48 Å². The Morgan fingerprint density at radius 1 is 1.33 bits per heavy atom. The van der Waals surface area contributed by atoms with E-state index in [1.807, 2.05) is 14.0 Å². The average Bonchev–Trinajstić information content (AvgIpc) is 2.75. The van der Waals surface area contributed by atoms with Crippen molar-refractivity contribution in [3.05, 3.63) is 45.7 Å². The van der Waals surface area contributed by atoms with E-state index in [2.05, 4.69) is 15.7 Å². The van der Waals surface area contributed by atoms with E-state index >= 15 is 0 Å². The van der Waals surface area contributed by atoms with Crippen LogP contribution in [-0.4, -0.2) is 22.2 Å². The number of aromatic nitrogens is 2. The van der Waals surface area contributed by atoms with Crippen LogP contribution in [0.5, 0.6) is 0 Å². The lowest BCUT2D eigenvalue weighted by Crippen LogP contribution is -2.28. The number of rotatable bonds is 5. The molecule has 0 bridgehead atoms. The Morgan fingerprint density at radius 2 is 2.00 bits per heavy atom. The second kappa shape index (κ2) is 6.93. The van der Waals surface area contributed by atoms with Gasteiger partial charge in [0, 0.05) is 24.8 Å². The van der Waals surface area contributed by atoms with Crippen molar-refractivity contribution in [3.8, 4) is 0 Å². The SMILES string of the molecule is Cc1c(CNCC(=O)Nc2c(Cl)cccc2Cl)cnn1C. The molecule has 21 heavy (non-hydrogen) atoms. The van der Waals surface area contributed by atoms with Crippen molar-refractivity contribution in [2.24, 2.45) is 7.05 Å². The topological polar surface area (TPSA) is 59.0 Å². The van der Waals surface area contributed by atoms with Gasteiger partial charge in [0.15, 0.2) is 0 Å². The van der Waals surface area contributed by atoms with Gasteiger partial charge in [-0.2, -0.15) is 5.10 Å². The van der Waals surface area contributed by atoms with Gasteiger partial charge in [0.2, 0.25) is 5.91 Å². The maximum atomic E-state index is 11.9. The summed E-state index contributed by atoms with van der Waals surface area (Å²) in [6.45, 7) is 2.72. The van der Waals surface area contributed by atoms with Crippen LogP contribution in [0.1, 0.15) is 11.3 Å². The van der Waals surface area contributed by atoms with E-state index in [9.17, 15) is 4.79 Å². The van der Waals surface area contributed by atoms with E-state index in [0.717, 1.165) is 11.3 Å². The Kier molecular flexibility index (Phi) is 5.22. The van der Waals surface area contributed by atoms with Crippen molar-refractivity contribution in [3.63, 3.8) is 0 Å². The number of anilines is 1. The summed E-state index contributed by atoms with van der Waals surface area (Å²) in [5.41, 5.74) is 2.56. The largest absolute Gasteiger partial charge is 0.322 e. The van der Waals surface area contributed by atoms with Crippen molar-refractivity contribution < 1.29 is 4.79 Å². The molecule has 0 aliphatic rings. The highest BCUT2D eigenvalue weighted by atomic mass is 35.5. The van der Waals surface area contributed by atoms with Gasteiger partial charge in [-0.25, -0.2) is 0 Å². The molecule has 1 aromatic heterocycles. The van der Waals surface area contributed by atoms with Gasteiger partial charge < -0.3 is 10.6 Å². The van der Waals surface area contributed by atoms with Gasteiger partial charge in [0.1, 0.15) is 0 Å². The molecule has 112 valence electrons. The first-order valence-electron chi connectivity index (χ1n) is 6.41. The fourth-order valence-electron chi connectivity index (χ4n) is 1.83. The highest BCUT2D eigenvalue weighted by Crippen LogP contribution is 2.29. The predicted molar refractivity (Wildman–Crippen MR) is 84.7 cm³/mol. The molecule has 0 saturated heterocycles. The summed E-state index contributed by atoms with van der Waals surface area (Å²) in [5.74, 6) is -0.202. The molecule has 5 nitrogen and oxygen atoms in total. The van der Waals surface area contributed by atoms with E-state index in [0.29, 0.717) is 22.3 Å². The maximum Gasteiger partial charge on any atom is 0.238 e. The molecule has 1 amide bonds. The third-order valence-corrected chi connectivity index (χ3v) is 3.80. The molecule has 0 unspecified atom stereocenters. The molecule has 2 rings (SSSR count). The van der Waals surface area contributed by atoms with Crippen LogP contribution in [0.2, 0.25) is 10.0 Å². The van der Waals surface area contributed by atoms with Gasteiger partial charge >= 0.3 is 0 Å². The molecule has 1 heterocycles. The quantitative estimate of drug-likeness (QED) is 0.888. The number of hydrogen-bond acceptors (Lipinski definition) is 3. The van der Waals surface area contributed by atoms with Gasteiger partial charge in [-0.15, -0.1) is 0 Å². The first-order chi connectivity index (χ1) is 9.99. The highest BCUT2D eigenvalue weighted by molar-refractivity contribution is 6.39. The fourth-order valence-corrected chi connectivity index (χ4v) is 2.32. The van der Waals surface area contributed by atoms with E-state index < -0.39 is 0 Å². The lowest BCUT2D eigenvalue weighted by Gasteiger charge is -2.09. The molecule has 0 saturated carbocycles. The Morgan fingerprint density at radius 3 is 2.57 bits per heavy atom. The zero-order valence-corrected chi connectivity index (χ0v) is 13.3. The second-order valence-electron chi connectivity index (χ2n) is 4.63. The summed E-state index contributed by atoms with van der Waals surface area (Å²) >= 11 is 12.0. The van der Waals surface area contributed by atoms with Crippen LogP contribution in [0, 0.1) is 6.92 Å². The summed E-state index contributed by atoms with van der Waals surface area (Å²) in [6, 6.07) is 5.08. The number of hydrogen-bond donors (Lipinski definition) is 2. The number of carbonyl (C=O) groups excluding carboxylic acids is 1. The minimum atomic E-state index is -0.202. The van der Waals surface area contributed by atoms with Crippen molar-refractivity contribution in [2.75, 3.05) is 11.9 Å². The van der Waals surface area contributed by atoms with Crippen molar-refractivity contribution in [2.45, 2.75) is 13.5 Å². The minimum Gasteiger partial charge on any atom is -0.322 e. The zero-order valence-electron chi connectivity index (χ0n) is 11.8. The number of nitrogens with zero attached hydrogens (tertiary/aromatic N) is 2. The van der Waals surface area contributed by atoms with Crippen molar-refractivity contribution in [1.82, 2.24) is 15.1 Å². The number of amides is 1. The van der Waals surface area contributed by atoms with E-state index in [1.54, 1.807) is 29.1 Å². The molecule has 0 aliphatic carbocycles.